The molecule has 2 aliphatic heterocycles. The standard InChI is InChI=1S/C54H66N6O21S2/c1-31-5-4-6-33-34(10-8-31)39(33)30-79-54(68)58-20-22-76-24-26-78-28-27-77-25-23-75-21-18-43(61)57-19-3-2-7-42(53(67)81-60-44(62)16-17-45(60)63)59-51(64)32-9-11-35(38(29-32)52(65)66)46-36-12-14-40(55)49(82(69,70)71)47(36)80-48-37(46)13-15-41(56)50(48)83(72,73)74/h5,9,11-15,29,33-34,39,42,55H,2-4,6-8,10,16-28,30,56H2,1H3,(H,57,61)(H,58,68)(H,59,64)(H,65,66)(H,69,70,71)(H,72,73,74)/b31-5-,55-40?. The number of benzene rings is 3. The molecule has 83 heavy (non-hydrogen) atoms. The Labute approximate surface area is 476 Å². The largest absolute Gasteiger partial charge is 0.478 e. The number of nitrogens with two attached hydrogens (primary N) is 1. The van der Waals surface area contributed by atoms with E-state index in [4.69, 9.17) is 44.1 Å². The van der Waals surface area contributed by atoms with Gasteiger partial charge in [-0.2, -0.15) is 16.8 Å². The molecule has 5 amide bonds. The van der Waals surface area contributed by atoms with Crippen molar-refractivity contribution in [3.63, 3.8) is 0 Å². The first-order valence-electron chi connectivity index (χ1n) is 26.8. The van der Waals surface area contributed by atoms with Gasteiger partial charge in [0.1, 0.15) is 6.04 Å². The van der Waals surface area contributed by atoms with Crippen LogP contribution >= 0.6 is 0 Å². The highest BCUT2D eigenvalue weighted by Crippen LogP contribution is 2.53. The third-order valence-corrected chi connectivity index (χ3v) is 16.1. The average Bonchev–Trinajstić information content (AvgIpc) is 1.81. The van der Waals surface area contributed by atoms with Gasteiger partial charge in [-0.1, -0.05) is 17.7 Å². The molecule has 5 aliphatic rings. The van der Waals surface area contributed by atoms with Crippen molar-refractivity contribution in [2.24, 2.45) is 17.8 Å². The quantitative estimate of drug-likeness (QED) is 0.00912. The third-order valence-electron chi connectivity index (χ3n) is 14.2. The van der Waals surface area contributed by atoms with E-state index in [1.54, 1.807) is 0 Å². The van der Waals surface area contributed by atoms with E-state index in [0.29, 0.717) is 63.9 Å². The predicted molar refractivity (Wildman–Crippen MR) is 290 cm³/mol. The molecule has 0 aromatic heterocycles. The van der Waals surface area contributed by atoms with Crippen LogP contribution in [-0.2, 0) is 67.9 Å². The molecule has 0 spiro atoms. The van der Waals surface area contributed by atoms with Crippen LogP contribution < -0.4 is 27.0 Å². The molecule has 2 aromatic carbocycles. The molecule has 0 radical (unpaired) electrons. The number of hydrogen-bond donors (Lipinski definition) is 8. The summed E-state index contributed by atoms with van der Waals surface area (Å²) in [5, 5.41) is 25.8. The zero-order chi connectivity index (χ0) is 60.0. The summed E-state index contributed by atoms with van der Waals surface area (Å²) >= 11 is 0. The van der Waals surface area contributed by atoms with Crippen LogP contribution in [0.3, 0.4) is 0 Å². The maximum absolute atomic E-state index is 13.9. The number of hydrogen-bond acceptors (Lipinski definition) is 20. The summed E-state index contributed by atoms with van der Waals surface area (Å²) in [7, 11) is -10.6. The average molecular weight is 1200 g/mol. The minimum Gasteiger partial charge on any atom is -0.478 e. The summed E-state index contributed by atoms with van der Waals surface area (Å²) in [5.74, 6) is -4.97. The lowest BCUT2D eigenvalue weighted by Gasteiger charge is -2.21. The van der Waals surface area contributed by atoms with Crippen molar-refractivity contribution in [1.29, 1.82) is 5.41 Å². The minimum absolute atomic E-state index is 0.0169. The number of carbonyl (C=O) groups is 7. The van der Waals surface area contributed by atoms with Crippen molar-refractivity contribution in [2.45, 2.75) is 87.0 Å². The molecule has 4 atom stereocenters. The van der Waals surface area contributed by atoms with Crippen molar-refractivity contribution < 1.29 is 97.5 Å². The van der Waals surface area contributed by atoms with Gasteiger partial charge in [0, 0.05) is 54.4 Å². The topological polar surface area (TPSA) is 406 Å². The van der Waals surface area contributed by atoms with Gasteiger partial charge in [0.25, 0.3) is 38.0 Å². The molecule has 9 N–H and O–H groups in total. The number of nitrogen functional groups attached to an aromatic ring is 1. The summed E-state index contributed by atoms with van der Waals surface area (Å²) in [4.78, 5) is 92.5. The fraction of sp³-hybridized carbons (Fsp3) is 0.481. The van der Waals surface area contributed by atoms with E-state index in [-0.39, 0.29) is 104 Å². The zero-order valence-corrected chi connectivity index (χ0v) is 46.9. The molecule has 3 aliphatic carbocycles. The van der Waals surface area contributed by atoms with Gasteiger partial charge in [0.15, 0.2) is 21.1 Å². The number of ether oxygens (including phenoxy) is 5. The SMILES string of the molecule is C/C1=C/CCC2C(CC1)C2COC(=O)NCCOCCOCCOCCOCCC(=O)NCCCCC(NC(=O)c1ccc(-c2c3ccc(=N)c(S(=O)(=O)O)c-3oc3c(S(=O)(=O)O)c(N)ccc23)c(C(=O)O)c1)C(=O)ON1C(=O)CCC1=O. The molecule has 4 unspecified atom stereocenters. The lowest BCUT2D eigenvalue weighted by atomic mass is 9.89. The molecule has 2 aromatic rings. The Bertz CT molecular complexity index is 3370. The number of nitrogens with one attached hydrogen (secondary N) is 4. The molecule has 450 valence electrons. The van der Waals surface area contributed by atoms with E-state index < -0.39 is 99.8 Å². The summed E-state index contributed by atoms with van der Waals surface area (Å²) in [5.41, 5.74) is 4.10. The Morgan fingerprint density at radius 3 is 2.08 bits per heavy atom. The summed E-state index contributed by atoms with van der Waals surface area (Å²) < 4.78 is 104. The van der Waals surface area contributed by atoms with E-state index >= 15 is 0 Å². The minimum atomic E-state index is -5.30. The number of aromatic carboxylic acids is 1. The Morgan fingerprint density at radius 2 is 1.42 bits per heavy atom. The zero-order valence-electron chi connectivity index (χ0n) is 45.3. The van der Waals surface area contributed by atoms with Gasteiger partial charge < -0.3 is 59.7 Å². The second kappa shape index (κ2) is 28.7. The van der Waals surface area contributed by atoms with Crippen molar-refractivity contribution in [3.8, 4) is 22.5 Å². The van der Waals surface area contributed by atoms with E-state index in [1.165, 1.54) is 11.6 Å². The van der Waals surface area contributed by atoms with Crippen LogP contribution in [-0.4, -0.2) is 156 Å². The number of carboxylic acid groups (broad SMARTS) is 1. The van der Waals surface area contributed by atoms with E-state index in [1.807, 2.05) is 0 Å². The highest BCUT2D eigenvalue weighted by atomic mass is 32.2. The fourth-order valence-corrected chi connectivity index (χ4v) is 11.5. The molecular formula is C54H66N6O21S2. The van der Waals surface area contributed by atoms with Gasteiger partial charge in [-0.25, -0.2) is 14.4 Å². The lowest BCUT2D eigenvalue weighted by Crippen LogP contribution is -2.45. The number of amides is 5. The summed E-state index contributed by atoms with van der Waals surface area (Å²) in [6, 6.07) is 5.81. The molecule has 7 rings (SSSR count). The normalized spacial score (nSPS) is 18.1. The first-order valence-corrected chi connectivity index (χ1v) is 29.6. The molecule has 2 fully saturated rings. The number of fused-ring (bicyclic) bond motifs is 3. The monoisotopic (exact) mass is 1200 g/mol. The number of rotatable bonds is 30. The number of allylic oxidation sites excluding steroid dienone is 2. The van der Waals surface area contributed by atoms with Crippen molar-refractivity contribution in [3.05, 3.63) is 70.6 Å². The summed E-state index contributed by atoms with van der Waals surface area (Å²) in [6.07, 6.45) is 6.21. The van der Waals surface area contributed by atoms with Crippen LogP contribution in [0.15, 0.2) is 68.3 Å². The number of alkyl carbamates (subject to hydrolysis) is 1. The first kappa shape index (κ1) is 63.2. The van der Waals surface area contributed by atoms with Crippen molar-refractivity contribution >= 4 is 78.6 Å². The molecule has 1 saturated carbocycles. The van der Waals surface area contributed by atoms with Crippen LogP contribution in [0.4, 0.5) is 10.5 Å². The van der Waals surface area contributed by atoms with Crippen molar-refractivity contribution in [1.82, 2.24) is 21.0 Å². The molecule has 0 bridgehead atoms. The molecule has 2 heterocycles. The lowest BCUT2D eigenvalue weighted by molar-refractivity contribution is -0.199. The van der Waals surface area contributed by atoms with E-state index in [2.05, 4.69) is 29.0 Å². The van der Waals surface area contributed by atoms with Gasteiger partial charge >= 0.3 is 18.0 Å². The van der Waals surface area contributed by atoms with Gasteiger partial charge in [0.2, 0.25) is 5.91 Å². The van der Waals surface area contributed by atoms with Crippen LogP contribution in [0.25, 0.3) is 33.4 Å². The highest BCUT2D eigenvalue weighted by molar-refractivity contribution is 7.86. The van der Waals surface area contributed by atoms with E-state index in [9.17, 15) is 64.6 Å². The Balaban J connectivity index is 0.841. The number of imide groups is 1. The highest BCUT2D eigenvalue weighted by Gasteiger charge is 2.49. The Morgan fingerprint density at radius 1 is 0.783 bits per heavy atom. The maximum atomic E-state index is 13.9. The fourth-order valence-electron chi connectivity index (χ4n) is 9.99. The number of hydroxylamine groups is 2. The number of carbonyl (C=O) groups excluding carboxylic acids is 6. The number of unbranched alkanes of at least 4 members (excludes halogenated alkanes) is 1. The first-order chi connectivity index (χ1) is 39.5. The van der Waals surface area contributed by atoms with Crippen molar-refractivity contribution in [2.75, 3.05) is 78.3 Å². The van der Waals surface area contributed by atoms with Crippen LogP contribution in [0, 0.1) is 23.2 Å². The van der Waals surface area contributed by atoms with Gasteiger partial charge in [-0.05, 0) is 112 Å². The van der Waals surface area contributed by atoms with Crippen LogP contribution in [0.5, 0.6) is 0 Å². The van der Waals surface area contributed by atoms with Gasteiger partial charge in [-0.15, -0.1) is 5.06 Å². The molecular weight excluding hydrogens is 1130 g/mol. The Hall–Kier alpha value is -7.38. The van der Waals surface area contributed by atoms with Gasteiger partial charge in [-0.3, -0.25) is 33.7 Å². The number of anilines is 1. The summed E-state index contributed by atoms with van der Waals surface area (Å²) in [6.45, 7) is 5.25. The second-order valence-corrected chi connectivity index (χ2v) is 22.6. The van der Waals surface area contributed by atoms with E-state index in [0.717, 1.165) is 62.1 Å². The number of carboxylic acids is 1. The third kappa shape index (κ3) is 16.9. The van der Waals surface area contributed by atoms with Gasteiger partial charge in [0.05, 0.1) is 76.1 Å². The maximum Gasteiger partial charge on any atom is 0.407 e. The predicted octanol–water partition coefficient (Wildman–Crippen LogP) is 4.02. The molecule has 27 nitrogen and oxygen atoms in total. The van der Waals surface area contributed by atoms with Crippen LogP contribution in [0.1, 0.15) is 91.8 Å². The van der Waals surface area contributed by atoms with Crippen LogP contribution in [0.2, 0.25) is 0 Å². The molecule has 1 saturated heterocycles. The smallest absolute Gasteiger partial charge is 0.407 e. The Kier molecular flexibility index (Phi) is 21.9. The number of nitrogens with zero attached hydrogens (tertiary/aromatic N) is 1. The second-order valence-electron chi connectivity index (χ2n) is 19.9. The molecule has 29 heteroatoms.